The Kier molecular flexibility index (Phi) is 5.12. The first-order valence-electron chi connectivity index (χ1n) is 7.47. The molecule has 0 bridgehead atoms. The van der Waals surface area contributed by atoms with Crippen molar-refractivity contribution in [2.45, 2.75) is 0 Å². The molecule has 126 valence electrons. The Morgan fingerprint density at radius 3 is 2.62 bits per heavy atom. The van der Waals surface area contributed by atoms with Crippen molar-refractivity contribution >= 4 is 29.1 Å². The zero-order valence-corrected chi connectivity index (χ0v) is 13.9. The number of carbonyl (C=O) groups excluding carboxylic acids is 1. The standard InChI is InChI=1S/C16H17ClN4O3/c1-23-14-3-2-12(8-13(14)17)20-15(22)11-9-18-16(19-10-11)21-4-6-24-7-5-21/h2-3,8-10H,4-7H2,1H3,(H,20,22). The van der Waals surface area contributed by atoms with Crippen molar-refractivity contribution in [1.29, 1.82) is 0 Å². The predicted molar refractivity (Wildman–Crippen MR) is 91.0 cm³/mol. The number of ether oxygens (including phenoxy) is 2. The topological polar surface area (TPSA) is 76.6 Å². The Bertz CT molecular complexity index is 718. The normalized spacial score (nSPS) is 14.3. The molecule has 3 rings (SSSR count). The van der Waals surface area contributed by atoms with Crippen LogP contribution in [0.4, 0.5) is 11.6 Å². The summed E-state index contributed by atoms with van der Waals surface area (Å²) in [6.07, 6.45) is 3.02. The summed E-state index contributed by atoms with van der Waals surface area (Å²) < 4.78 is 10.4. The van der Waals surface area contributed by atoms with Gasteiger partial charge in [-0.15, -0.1) is 0 Å². The van der Waals surface area contributed by atoms with Crippen molar-refractivity contribution in [3.05, 3.63) is 41.2 Å². The van der Waals surface area contributed by atoms with Crippen LogP contribution in [-0.2, 0) is 4.74 Å². The highest BCUT2D eigenvalue weighted by molar-refractivity contribution is 6.32. The van der Waals surface area contributed by atoms with Crippen molar-refractivity contribution < 1.29 is 14.3 Å². The van der Waals surface area contributed by atoms with Crippen molar-refractivity contribution in [1.82, 2.24) is 9.97 Å². The Morgan fingerprint density at radius 1 is 1.29 bits per heavy atom. The number of hydrogen-bond acceptors (Lipinski definition) is 6. The van der Waals surface area contributed by atoms with Gasteiger partial charge in [-0.2, -0.15) is 0 Å². The first-order chi connectivity index (χ1) is 11.7. The number of carbonyl (C=O) groups is 1. The number of methoxy groups -OCH3 is 1. The molecular weight excluding hydrogens is 332 g/mol. The van der Waals surface area contributed by atoms with Crippen LogP contribution in [-0.4, -0.2) is 49.3 Å². The second kappa shape index (κ2) is 7.46. The molecule has 1 aliphatic heterocycles. The average molecular weight is 349 g/mol. The number of nitrogens with zero attached hydrogens (tertiary/aromatic N) is 3. The number of aromatic nitrogens is 2. The molecular formula is C16H17ClN4O3. The largest absolute Gasteiger partial charge is 0.495 e. The fourth-order valence-corrected chi connectivity index (χ4v) is 2.57. The highest BCUT2D eigenvalue weighted by Gasteiger charge is 2.15. The molecule has 7 nitrogen and oxygen atoms in total. The molecule has 0 spiro atoms. The lowest BCUT2D eigenvalue weighted by molar-refractivity contribution is 0.102. The Morgan fingerprint density at radius 2 is 2.00 bits per heavy atom. The third kappa shape index (κ3) is 3.74. The summed E-state index contributed by atoms with van der Waals surface area (Å²) in [7, 11) is 1.53. The molecule has 2 aromatic rings. The molecule has 1 saturated heterocycles. The van der Waals surface area contributed by atoms with E-state index in [0.717, 1.165) is 13.1 Å². The van der Waals surface area contributed by atoms with Gasteiger partial charge in [0.05, 0.1) is 30.9 Å². The third-order valence-corrected chi connectivity index (χ3v) is 3.90. The molecule has 8 heteroatoms. The second-order valence-corrected chi connectivity index (χ2v) is 5.58. The van der Waals surface area contributed by atoms with E-state index in [1.165, 1.54) is 19.5 Å². The summed E-state index contributed by atoms with van der Waals surface area (Å²) in [5.74, 6) is 0.847. The smallest absolute Gasteiger partial charge is 0.258 e. The van der Waals surface area contributed by atoms with Gasteiger partial charge in [0.2, 0.25) is 5.95 Å². The van der Waals surface area contributed by atoms with Crippen LogP contribution in [0.5, 0.6) is 5.75 Å². The summed E-state index contributed by atoms with van der Waals surface area (Å²) in [4.78, 5) is 22.8. The minimum atomic E-state index is -0.301. The molecule has 0 atom stereocenters. The highest BCUT2D eigenvalue weighted by Crippen LogP contribution is 2.27. The summed E-state index contributed by atoms with van der Waals surface area (Å²) in [5, 5.41) is 3.18. The summed E-state index contributed by atoms with van der Waals surface area (Å²) >= 11 is 6.05. The van der Waals surface area contributed by atoms with E-state index in [4.69, 9.17) is 21.1 Å². The second-order valence-electron chi connectivity index (χ2n) is 5.17. The van der Waals surface area contributed by atoms with Gasteiger partial charge in [0.25, 0.3) is 5.91 Å². The number of benzene rings is 1. The minimum absolute atomic E-state index is 0.301. The van der Waals surface area contributed by atoms with Crippen LogP contribution < -0.4 is 15.0 Å². The van der Waals surface area contributed by atoms with Gasteiger partial charge < -0.3 is 19.7 Å². The van der Waals surface area contributed by atoms with Crippen molar-refractivity contribution in [3.8, 4) is 5.75 Å². The summed E-state index contributed by atoms with van der Waals surface area (Å²) in [6.45, 7) is 2.80. The van der Waals surface area contributed by atoms with E-state index in [1.54, 1.807) is 18.2 Å². The molecule has 0 radical (unpaired) electrons. The number of rotatable bonds is 4. The Balaban J connectivity index is 1.67. The van der Waals surface area contributed by atoms with Crippen LogP contribution in [0.2, 0.25) is 5.02 Å². The first-order valence-corrected chi connectivity index (χ1v) is 7.85. The van der Waals surface area contributed by atoms with Gasteiger partial charge in [-0.05, 0) is 18.2 Å². The Hall–Kier alpha value is -2.38. The summed E-state index contributed by atoms with van der Waals surface area (Å²) in [5.41, 5.74) is 0.946. The van der Waals surface area contributed by atoms with Crippen LogP contribution in [0.1, 0.15) is 10.4 Å². The lowest BCUT2D eigenvalue weighted by Gasteiger charge is -2.26. The molecule has 0 saturated carbocycles. The Labute approximate surface area is 144 Å². The molecule has 0 aliphatic carbocycles. The van der Waals surface area contributed by atoms with E-state index in [2.05, 4.69) is 15.3 Å². The fourth-order valence-electron chi connectivity index (χ4n) is 2.31. The van der Waals surface area contributed by atoms with Gasteiger partial charge in [-0.3, -0.25) is 4.79 Å². The fraction of sp³-hybridized carbons (Fsp3) is 0.312. The quantitative estimate of drug-likeness (QED) is 0.913. The zero-order chi connectivity index (χ0) is 16.9. The molecule has 1 aromatic heterocycles. The molecule has 1 aliphatic rings. The average Bonchev–Trinajstić information content (AvgIpc) is 2.63. The van der Waals surface area contributed by atoms with Crippen LogP contribution in [0, 0.1) is 0 Å². The molecule has 1 amide bonds. The van der Waals surface area contributed by atoms with Crippen LogP contribution in [0.3, 0.4) is 0 Å². The predicted octanol–water partition coefficient (Wildman–Crippen LogP) is 2.23. The van der Waals surface area contributed by atoms with E-state index < -0.39 is 0 Å². The molecule has 24 heavy (non-hydrogen) atoms. The molecule has 1 fully saturated rings. The van der Waals surface area contributed by atoms with Gasteiger partial charge in [-0.25, -0.2) is 9.97 Å². The van der Waals surface area contributed by atoms with E-state index >= 15 is 0 Å². The lowest BCUT2D eigenvalue weighted by Crippen LogP contribution is -2.37. The van der Waals surface area contributed by atoms with Gasteiger partial charge in [0.15, 0.2) is 0 Å². The van der Waals surface area contributed by atoms with E-state index in [-0.39, 0.29) is 5.91 Å². The number of nitrogens with one attached hydrogen (secondary N) is 1. The van der Waals surface area contributed by atoms with Gasteiger partial charge >= 0.3 is 0 Å². The maximum Gasteiger partial charge on any atom is 0.258 e. The van der Waals surface area contributed by atoms with Gasteiger partial charge in [-0.1, -0.05) is 11.6 Å². The van der Waals surface area contributed by atoms with Crippen LogP contribution in [0.15, 0.2) is 30.6 Å². The van der Waals surface area contributed by atoms with Crippen LogP contribution >= 0.6 is 11.6 Å². The molecule has 2 heterocycles. The minimum Gasteiger partial charge on any atom is -0.495 e. The third-order valence-electron chi connectivity index (χ3n) is 3.60. The SMILES string of the molecule is COc1ccc(NC(=O)c2cnc(N3CCOCC3)nc2)cc1Cl. The number of halogens is 1. The number of amides is 1. The summed E-state index contributed by atoms with van der Waals surface area (Å²) in [6, 6.07) is 5.03. The van der Waals surface area contributed by atoms with Crippen molar-refractivity contribution in [2.24, 2.45) is 0 Å². The van der Waals surface area contributed by atoms with E-state index in [1.807, 2.05) is 4.90 Å². The highest BCUT2D eigenvalue weighted by atomic mass is 35.5. The first kappa shape index (κ1) is 16.5. The molecule has 1 N–H and O–H groups in total. The number of anilines is 2. The van der Waals surface area contributed by atoms with Gasteiger partial charge in [0, 0.05) is 31.2 Å². The van der Waals surface area contributed by atoms with Crippen molar-refractivity contribution in [3.63, 3.8) is 0 Å². The molecule has 0 unspecified atom stereocenters. The molecule has 1 aromatic carbocycles. The van der Waals surface area contributed by atoms with Crippen molar-refractivity contribution in [2.75, 3.05) is 43.6 Å². The zero-order valence-electron chi connectivity index (χ0n) is 13.2. The number of morpholine rings is 1. The monoisotopic (exact) mass is 348 g/mol. The van der Waals surface area contributed by atoms with E-state index in [0.29, 0.717) is 41.2 Å². The van der Waals surface area contributed by atoms with E-state index in [9.17, 15) is 4.79 Å². The van der Waals surface area contributed by atoms with Crippen LogP contribution in [0.25, 0.3) is 0 Å². The van der Waals surface area contributed by atoms with Gasteiger partial charge in [0.1, 0.15) is 5.75 Å². The maximum atomic E-state index is 12.3. The maximum absolute atomic E-state index is 12.3. The number of hydrogen-bond donors (Lipinski definition) is 1. The lowest BCUT2D eigenvalue weighted by atomic mass is 10.2.